The SMILES string of the molecule is COCC1(C(=O)O)CCN(C(=O)CSc2nc3ccccc3s2)C1. The van der Waals surface area contributed by atoms with Gasteiger partial charge >= 0.3 is 5.97 Å². The molecular formula is C16H18N2O4S2. The van der Waals surface area contributed by atoms with E-state index < -0.39 is 11.4 Å². The van der Waals surface area contributed by atoms with Crippen LogP contribution in [0.4, 0.5) is 0 Å². The van der Waals surface area contributed by atoms with Crippen molar-refractivity contribution in [1.82, 2.24) is 9.88 Å². The van der Waals surface area contributed by atoms with E-state index in [-0.39, 0.29) is 24.8 Å². The molecule has 128 valence electrons. The number of carbonyl (C=O) groups is 2. The number of carboxylic acids is 1. The monoisotopic (exact) mass is 366 g/mol. The molecule has 1 unspecified atom stereocenters. The summed E-state index contributed by atoms with van der Waals surface area (Å²) in [4.78, 5) is 30.0. The van der Waals surface area contributed by atoms with Gasteiger partial charge < -0.3 is 14.7 Å². The first-order valence-corrected chi connectivity index (χ1v) is 9.33. The molecule has 0 bridgehead atoms. The Hall–Kier alpha value is -1.64. The molecule has 6 nitrogen and oxygen atoms in total. The second-order valence-electron chi connectivity index (χ2n) is 5.82. The van der Waals surface area contributed by atoms with Crippen LogP contribution in [0.5, 0.6) is 0 Å². The molecule has 1 saturated heterocycles. The Kier molecular flexibility index (Phi) is 5.07. The molecule has 1 atom stereocenters. The second-order valence-corrected chi connectivity index (χ2v) is 8.07. The Morgan fingerprint density at radius 1 is 1.46 bits per heavy atom. The number of ether oxygens (including phenoxy) is 1. The van der Waals surface area contributed by atoms with Crippen LogP contribution in [0.3, 0.4) is 0 Å². The third-order valence-electron chi connectivity index (χ3n) is 4.17. The smallest absolute Gasteiger partial charge is 0.313 e. The summed E-state index contributed by atoms with van der Waals surface area (Å²) < 4.78 is 7.00. The van der Waals surface area contributed by atoms with Crippen LogP contribution < -0.4 is 0 Å². The van der Waals surface area contributed by atoms with E-state index in [0.29, 0.717) is 13.0 Å². The average Bonchev–Trinajstić information content (AvgIpc) is 3.17. The van der Waals surface area contributed by atoms with Crippen LogP contribution in [0.1, 0.15) is 6.42 Å². The van der Waals surface area contributed by atoms with E-state index in [4.69, 9.17) is 4.74 Å². The molecule has 2 aromatic rings. The average molecular weight is 366 g/mol. The lowest BCUT2D eigenvalue weighted by Crippen LogP contribution is -2.40. The van der Waals surface area contributed by atoms with Gasteiger partial charge in [-0.3, -0.25) is 9.59 Å². The van der Waals surface area contributed by atoms with Gasteiger partial charge in [-0.25, -0.2) is 4.98 Å². The number of rotatable bonds is 6. The van der Waals surface area contributed by atoms with Gasteiger partial charge in [-0.1, -0.05) is 23.9 Å². The van der Waals surface area contributed by atoms with Crippen LogP contribution in [0.2, 0.25) is 0 Å². The summed E-state index contributed by atoms with van der Waals surface area (Å²) in [5.74, 6) is -0.695. The maximum atomic E-state index is 12.4. The summed E-state index contributed by atoms with van der Waals surface area (Å²) in [5, 5.41) is 9.45. The lowest BCUT2D eigenvalue weighted by molar-refractivity contribution is -0.151. The van der Waals surface area contributed by atoms with Crippen LogP contribution in [-0.2, 0) is 14.3 Å². The highest BCUT2D eigenvalue weighted by atomic mass is 32.2. The van der Waals surface area contributed by atoms with E-state index in [2.05, 4.69) is 4.98 Å². The molecule has 1 aliphatic rings. The molecule has 1 N–H and O–H groups in total. The zero-order valence-corrected chi connectivity index (χ0v) is 14.9. The van der Waals surface area contributed by atoms with Crippen LogP contribution in [0.25, 0.3) is 10.2 Å². The first-order chi connectivity index (χ1) is 11.5. The van der Waals surface area contributed by atoms with E-state index in [1.54, 1.807) is 16.2 Å². The molecule has 24 heavy (non-hydrogen) atoms. The highest BCUT2D eigenvalue weighted by molar-refractivity contribution is 8.01. The maximum Gasteiger partial charge on any atom is 0.313 e. The number of likely N-dealkylation sites (tertiary alicyclic amines) is 1. The van der Waals surface area contributed by atoms with E-state index >= 15 is 0 Å². The highest BCUT2D eigenvalue weighted by Gasteiger charge is 2.46. The van der Waals surface area contributed by atoms with Crippen molar-refractivity contribution < 1.29 is 19.4 Å². The standard InChI is InChI=1S/C16H18N2O4S2/c1-22-10-16(14(20)21)6-7-18(9-16)13(19)8-23-15-17-11-4-2-3-5-12(11)24-15/h2-5H,6-10H2,1H3,(H,20,21). The summed E-state index contributed by atoms with van der Waals surface area (Å²) >= 11 is 2.96. The molecule has 1 fully saturated rings. The third kappa shape index (κ3) is 3.40. The number of thiazole rings is 1. The lowest BCUT2D eigenvalue weighted by atomic mass is 9.88. The van der Waals surface area contributed by atoms with Crippen molar-refractivity contribution in [2.24, 2.45) is 5.41 Å². The summed E-state index contributed by atoms with van der Waals surface area (Å²) in [5.41, 5.74) is -0.0473. The molecule has 8 heteroatoms. The number of carboxylic acid groups (broad SMARTS) is 1. The molecule has 1 aromatic carbocycles. The molecule has 1 amide bonds. The number of methoxy groups -OCH3 is 1. The van der Waals surface area contributed by atoms with Gasteiger partial charge in [0.05, 0.1) is 22.6 Å². The number of benzene rings is 1. The Labute approximate surface area is 147 Å². The number of para-hydroxylation sites is 1. The number of carbonyl (C=O) groups excluding carboxylic acids is 1. The number of aromatic nitrogens is 1. The Morgan fingerprint density at radius 2 is 2.25 bits per heavy atom. The summed E-state index contributed by atoms with van der Waals surface area (Å²) in [6.45, 7) is 0.779. The van der Waals surface area contributed by atoms with Gasteiger partial charge in [0.2, 0.25) is 5.91 Å². The topological polar surface area (TPSA) is 79.7 Å². The van der Waals surface area contributed by atoms with Crippen molar-refractivity contribution in [2.45, 2.75) is 10.8 Å². The molecule has 0 saturated carbocycles. The fourth-order valence-corrected chi connectivity index (χ4v) is 4.81. The number of aliphatic carboxylic acids is 1. The Morgan fingerprint density at radius 3 is 2.96 bits per heavy atom. The summed E-state index contributed by atoms with van der Waals surface area (Å²) in [6, 6.07) is 7.86. The lowest BCUT2D eigenvalue weighted by Gasteiger charge is -2.23. The minimum Gasteiger partial charge on any atom is -0.481 e. The molecular weight excluding hydrogens is 348 g/mol. The number of fused-ring (bicyclic) bond motifs is 1. The number of amides is 1. The van der Waals surface area contributed by atoms with Crippen molar-refractivity contribution >= 4 is 45.2 Å². The van der Waals surface area contributed by atoms with Gasteiger partial charge in [0.25, 0.3) is 0 Å². The second kappa shape index (κ2) is 7.08. The van der Waals surface area contributed by atoms with E-state index in [1.165, 1.54) is 18.9 Å². The van der Waals surface area contributed by atoms with Gasteiger partial charge in [0.1, 0.15) is 5.41 Å². The number of thioether (sulfide) groups is 1. The molecule has 0 radical (unpaired) electrons. The van der Waals surface area contributed by atoms with Gasteiger partial charge in [0, 0.05) is 20.2 Å². The van der Waals surface area contributed by atoms with Gasteiger partial charge in [0.15, 0.2) is 4.34 Å². The van der Waals surface area contributed by atoms with Gasteiger partial charge in [-0.2, -0.15) is 0 Å². The zero-order valence-electron chi connectivity index (χ0n) is 13.2. The van der Waals surface area contributed by atoms with E-state index in [0.717, 1.165) is 14.6 Å². The van der Waals surface area contributed by atoms with Crippen LogP contribution >= 0.6 is 23.1 Å². The Balaban J connectivity index is 1.60. The summed E-state index contributed by atoms with van der Waals surface area (Å²) in [7, 11) is 1.48. The highest BCUT2D eigenvalue weighted by Crippen LogP contribution is 2.33. The number of nitrogens with zero attached hydrogens (tertiary/aromatic N) is 2. The van der Waals surface area contributed by atoms with Crippen molar-refractivity contribution in [3.8, 4) is 0 Å². The maximum absolute atomic E-state index is 12.4. The molecule has 0 spiro atoms. The fraction of sp³-hybridized carbons (Fsp3) is 0.438. The molecule has 0 aliphatic carbocycles. The zero-order chi connectivity index (χ0) is 17.2. The van der Waals surface area contributed by atoms with Crippen LogP contribution in [0.15, 0.2) is 28.6 Å². The predicted molar refractivity (Wildman–Crippen MR) is 93.5 cm³/mol. The normalized spacial score (nSPS) is 20.6. The molecule has 1 aliphatic heterocycles. The largest absolute Gasteiger partial charge is 0.481 e. The molecule has 3 rings (SSSR count). The first kappa shape index (κ1) is 17.2. The van der Waals surface area contributed by atoms with Crippen molar-refractivity contribution in [1.29, 1.82) is 0 Å². The quantitative estimate of drug-likeness (QED) is 0.791. The Bertz CT molecular complexity index is 730. The van der Waals surface area contributed by atoms with Crippen molar-refractivity contribution in [2.75, 3.05) is 32.6 Å². The third-order valence-corrected chi connectivity index (χ3v) is 6.34. The number of hydrogen-bond donors (Lipinski definition) is 1. The number of hydrogen-bond acceptors (Lipinski definition) is 6. The predicted octanol–water partition coefficient (Wildman–Crippen LogP) is 2.34. The van der Waals surface area contributed by atoms with Gasteiger partial charge in [-0.05, 0) is 18.6 Å². The van der Waals surface area contributed by atoms with E-state index in [9.17, 15) is 14.7 Å². The minimum atomic E-state index is -0.981. The van der Waals surface area contributed by atoms with Gasteiger partial charge in [-0.15, -0.1) is 11.3 Å². The first-order valence-electron chi connectivity index (χ1n) is 7.52. The molecule has 1 aromatic heterocycles. The van der Waals surface area contributed by atoms with Crippen molar-refractivity contribution in [3.05, 3.63) is 24.3 Å². The van der Waals surface area contributed by atoms with Crippen LogP contribution in [0, 0.1) is 5.41 Å². The van der Waals surface area contributed by atoms with E-state index in [1.807, 2.05) is 24.3 Å². The minimum absolute atomic E-state index is 0.0570. The van der Waals surface area contributed by atoms with Crippen LogP contribution in [-0.4, -0.2) is 59.4 Å². The summed E-state index contributed by atoms with van der Waals surface area (Å²) in [6.07, 6.45) is 0.424. The fourth-order valence-electron chi connectivity index (χ4n) is 2.84. The molecule has 2 heterocycles. The van der Waals surface area contributed by atoms with Crippen molar-refractivity contribution in [3.63, 3.8) is 0 Å².